The van der Waals surface area contributed by atoms with Crippen LogP contribution < -0.4 is 0 Å². The zero-order valence-corrected chi connectivity index (χ0v) is 11.2. The molecular formula is C13H22OSi. The van der Waals surface area contributed by atoms with E-state index >= 15 is 0 Å². The van der Waals surface area contributed by atoms with Gasteiger partial charge < -0.3 is 0 Å². The van der Waals surface area contributed by atoms with Crippen LogP contribution in [0.3, 0.4) is 0 Å². The number of rotatable bonds is 2. The van der Waals surface area contributed by atoms with Crippen LogP contribution in [0.5, 0.6) is 0 Å². The number of allylic oxidation sites excluding steroid dienone is 2. The van der Waals surface area contributed by atoms with Crippen LogP contribution >= 0.6 is 0 Å². The molecule has 1 nitrogen and oxygen atoms in total. The van der Waals surface area contributed by atoms with Gasteiger partial charge >= 0.3 is 0 Å². The standard InChI is InChI=1S/C13H22OSi/c1-15(2,3)13(8-9-13)10-11-6-4-5-7-12(11)14/h10H,4-9H2,1-3H3. The van der Waals surface area contributed by atoms with E-state index in [2.05, 4.69) is 25.7 Å². The topological polar surface area (TPSA) is 17.1 Å². The van der Waals surface area contributed by atoms with Crippen LogP contribution in [0.25, 0.3) is 0 Å². The highest BCUT2D eigenvalue weighted by Gasteiger charge is 2.51. The molecule has 0 saturated heterocycles. The van der Waals surface area contributed by atoms with E-state index in [1.54, 1.807) is 0 Å². The molecule has 0 unspecified atom stereocenters. The minimum absolute atomic E-state index is 0.436. The van der Waals surface area contributed by atoms with Crippen LogP contribution in [0, 0.1) is 0 Å². The molecule has 0 atom stereocenters. The van der Waals surface area contributed by atoms with Crippen molar-refractivity contribution in [1.82, 2.24) is 0 Å². The Morgan fingerprint density at radius 3 is 2.20 bits per heavy atom. The average molecular weight is 222 g/mol. The van der Waals surface area contributed by atoms with Crippen molar-refractivity contribution in [3.8, 4) is 0 Å². The maximum Gasteiger partial charge on any atom is 0.158 e. The van der Waals surface area contributed by atoms with Crippen molar-refractivity contribution < 1.29 is 4.79 Å². The predicted molar refractivity (Wildman–Crippen MR) is 66.8 cm³/mol. The highest BCUT2D eigenvalue weighted by atomic mass is 28.3. The molecule has 15 heavy (non-hydrogen) atoms. The first-order valence-electron chi connectivity index (χ1n) is 6.20. The second-order valence-electron chi connectivity index (χ2n) is 6.21. The third-order valence-electron chi connectivity index (χ3n) is 4.19. The van der Waals surface area contributed by atoms with E-state index in [0.717, 1.165) is 19.3 Å². The number of hydrogen-bond acceptors (Lipinski definition) is 1. The quantitative estimate of drug-likeness (QED) is 0.511. The first-order valence-corrected chi connectivity index (χ1v) is 9.70. The van der Waals surface area contributed by atoms with Gasteiger partial charge in [-0.1, -0.05) is 25.7 Å². The third kappa shape index (κ3) is 2.10. The van der Waals surface area contributed by atoms with E-state index in [1.165, 1.54) is 24.8 Å². The Balaban J connectivity index is 2.19. The van der Waals surface area contributed by atoms with Gasteiger partial charge in [-0.2, -0.15) is 0 Å². The molecule has 2 heteroatoms. The lowest BCUT2D eigenvalue weighted by molar-refractivity contribution is -0.116. The Morgan fingerprint density at radius 2 is 1.73 bits per heavy atom. The molecule has 0 aromatic carbocycles. The zero-order valence-electron chi connectivity index (χ0n) is 10.2. The fourth-order valence-electron chi connectivity index (χ4n) is 2.63. The van der Waals surface area contributed by atoms with Crippen molar-refractivity contribution >= 4 is 13.9 Å². The first-order chi connectivity index (χ1) is 6.95. The summed E-state index contributed by atoms with van der Waals surface area (Å²) >= 11 is 0. The van der Waals surface area contributed by atoms with Crippen LogP contribution in [0.2, 0.25) is 24.7 Å². The van der Waals surface area contributed by atoms with E-state index in [9.17, 15) is 4.79 Å². The molecule has 0 heterocycles. The summed E-state index contributed by atoms with van der Waals surface area (Å²) in [6, 6.07) is 0. The summed E-state index contributed by atoms with van der Waals surface area (Å²) < 4.78 is 0. The Hall–Kier alpha value is -0.373. The van der Waals surface area contributed by atoms with Crippen LogP contribution in [-0.2, 0) is 4.79 Å². The van der Waals surface area contributed by atoms with Gasteiger partial charge in [-0.05, 0) is 42.7 Å². The van der Waals surface area contributed by atoms with Crippen molar-refractivity contribution in [2.75, 3.05) is 0 Å². The van der Waals surface area contributed by atoms with Gasteiger partial charge in [0.2, 0.25) is 0 Å². The Kier molecular flexibility index (Phi) is 2.66. The SMILES string of the molecule is C[Si](C)(C)C1(C=C2CCCCC2=O)CC1. The van der Waals surface area contributed by atoms with Crippen molar-refractivity contribution in [3.63, 3.8) is 0 Å². The molecule has 0 radical (unpaired) electrons. The molecule has 0 spiro atoms. The molecular weight excluding hydrogens is 200 g/mol. The molecule has 0 aromatic rings. The van der Waals surface area contributed by atoms with E-state index in [-0.39, 0.29) is 0 Å². The summed E-state index contributed by atoms with van der Waals surface area (Å²) in [5, 5.41) is 0.481. The Morgan fingerprint density at radius 1 is 1.13 bits per heavy atom. The van der Waals surface area contributed by atoms with Gasteiger partial charge in [0, 0.05) is 6.42 Å². The molecule has 0 aromatic heterocycles. The van der Waals surface area contributed by atoms with Crippen molar-refractivity contribution in [2.45, 2.75) is 63.2 Å². The number of ketones is 1. The minimum Gasteiger partial charge on any atom is -0.295 e. The smallest absolute Gasteiger partial charge is 0.158 e. The average Bonchev–Trinajstić information content (AvgIpc) is 2.89. The Bertz CT molecular complexity index is 305. The molecule has 84 valence electrons. The summed E-state index contributed by atoms with van der Waals surface area (Å²) in [7, 11) is -1.12. The van der Waals surface area contributed by atoms with Gasteiger partial charge in [-0.15, -0.1) is 0 Å². The van der Waals surface area contributed by atoms with E-state index in [4.69, 9.17) is 0 Å². The molecule has 0 N–H and O–H groups in total. The van der Waals surface area contributed by atoms with Gasteiger partial charge in [0.1, 0.15) is 0 Å². The van der Waals surface area contributed by atoms with Crippen LogP contribution in [0.15, 0.2) is 11.6 Å². The molecule has 2 aliphatic carbocycles. The summed E-state index contributed by atoms with van der Waals surface area (Å²) in [5.41, 5.74) is 1.17. The lowest BCUT2D eigenvalue weighted by Crippen LogP contribution is -2.29. The summed E-state index contributed by atoms with van der Waals surface area (Å²) in [6.45, 7) is 7.30. The summed E-state index contributed by atoms with van der Waals surface area (Å²) in [5.74, 6) is 0.436. The van der Waals surface area contributed by atoms with Gasteiger partial charge in [-0.25, -0.2) is 0 Å². The number of carbonyl (C=O) groups excluding carboxylic acids is 1. The molecule has 2 rings (SSSR count). The van der Waals surface area contributed by atoms with Gasteiger partial charge in [-0.3, -0.25) is 4.79 Å². The first kappa shape index (κ1) is 11.1. The van der Waals surface area contributed by atoms with Gasteiger partial charge in [0.15, 0.2) is 5.78 Å². The van der Waals surface area contributed by atoms with Crippen LogP contribution in [0.1, 0.15) is 38.5 Å². The largest absolute Gasteiger partial charge is 0.295 e. The normalized spacial score (nSPS) is 28.2. The lowest BCUT2D eigenvalue weighted by atomic mass is 9.92. The second-order valence-corrected chi connectivity index (χ2v) is 11.7. The van der Waals surface area contributed by atoms with Crippen LogP contribution in [0.4, 0.5) is 0 Å². The molecule has 2 aliphatic rings. The highest BCUT2D eigenvalue weighted by molar-refractivity contribution is 6.80. The van der Waals surface area contributed by atoms with E-state index in [0.29, 0.717) is 10.8 Å². The summed E-state index contributed by atoms with van der Waals surface area (Å²) in [6.07, 6.45) is 9.23. The minimum atomic E-state index is -1.12. The molecule has 0 amide bonds. The van der Waals surface area contributed by atoms with E-state index < -0.39 is 8.07 Å². The fourth-order valence-corrected chi connectivity index (χ4v) is 4.86. The number of carbonyl (C=O) groups is 1. The maximum atomic E-state index is 11.8. The van der Waals surface area contributed by atoms with Crippen molar-refractivity contribution in [2.24, 2.45) is 0 Å². The van der Waals surface area contributed by atoms with E-state index in [1.807, 2.05) is 0 Å². The van der Waals surface area contributed by atoms with Crippen molar-refractivity contribution in [1.29, 1.82) is 0 Å². The second kappa shape index (κ2) is 3.58. The van der Waals surface area contributed by atoms with Crippen molar-refractivity contribution in [3.05, 3.63) is 11.6 Å². The summed E-state index contributed by atoms with van der Waals surface area (Å²) in [4.78, 5) is 11.8. The van der Waals surface area contributed by atoms with Crippen LogP contribution in [-0.4, -0.2) is 13.9 Å². The molecule has 0 bridgehead atoms. The maximum absolute atomic E-state index is 11.8. The third-order valence-corrected chi connectivity index (χ3v) is 7.82. The highest BCUT2D eigenvalue weighted by Crippen LogP contribution is 2.62. The van der Waals surface area contributed by atoms with Gasteiger partial charge in [0.05, 0.1) is 8.07 Å². The lowest BCUT2D eigenvalue weighted by Gasteiger charge is -2.27. The zero-order chi connectivity index (χ0) is 11.1. The van der Waals surface area contributed by atoms with Gasteiger partial charge in [0.25, 0.3) is 0 Å². The molecule has 2 saturated carbocycles. The monoisotopic (exact) mass is 222 g/mol. The fraction of sp³-hybridized carbons (Fsp3) is 0.769. The molecule has 0 aliphatic heterocycles. The Labute approximate surface area is 94.0 Å². The number of hydrogen-bond donors (Lipinski definition) is 0. The molecule has 2 fully saturated rings. The number of Topliss-reactive ketones (excluding diaryl/α,β-unsaturated/α-hetero) is 1. The predicted octanol–water partition coefficient (Wildman–Crippen LogP) is 3.93.